The van der Waals surface area contributed by atoms with Gasteiger partial charge < -0.3 is 5.11 Å². The third-order valence-corrected chi connectivity index (χ3v) is 4.27. The molecule has 19 heavy (non-hydrogen) atoms. The van der Waals surface area contributed by atoms with Gasteiger partial charge in [0.2, 0.25) is 0 Å². The van der Waals surface area contributed by atoms with Gasteiger partial charge in [0.05, 0.1) is 6.10 Å². The second-order valence-corrected chi connectivity index (χ2v) is 6.46. The predicted octanol–water partition coefficient (Wildman–Crippen LogP) is 3.85. The monoisotopic (exact) mass is 337 g/mol. The van der Waals surface area contributed by atoms with Gasteiger partial charge >= 0.3 is 0 Å². The third-order valence-electron chi connectivity index (χ3n) is 2.67. The first-order valence-corrected chi connectivity index (χ1v) is 7.89. The van der Waals surface area contributed by atoms with Gasteiger partial charge in [0.25, 0.3) is 0 Å². The summed E-state index contributed by atoms with van der Waals surface area (Å²) in [6.07, 6.45) is 1.97. The Hall–Kier alpha value is -0.840. The maximum Gasteiger partial charge on any atom is 0.0689 e. The molecule has 2 aromatic rings. The summed E-state index contributed by atoms with van der Waals surface area (Å²) < 4.78 is 0.958. The van der Waals surface area contributed by atoms with E-state index < -0.39 is 0 Å². The molecule has 2 rings (SSSR count). The molecule has 0 saturated heterocycles. The van der Waals surface area contributed by atoms with E-state index in [0.29, 0.717) is 12.2 Å². The van der Waals surface area contributed by atoms with Gasteiger partial charge in [0, 0.05) is 33.4 Å². The van der Waals surface area contributed by atoms with Crippen LogP contribution in [0.4, 0.5) is 0 Å². The molecule has 1 aromatic heterocycles. The average Bonchev–Trinajstić information content (AvgIpc) is 2.39. The van der Waals surface area contributed by atoms with Crippen molar-refractivity contribution in [2.75, 3.05) is 5.75 Å². The highest BCUT2D eigenvalue weighted by Crippen LogP contribution is 2.20. The van der Waals surface area contributed by atoms with Gasteiger partial charge in [-0.2, -0.15) is 0 Å². The largest absolute Gasteiger partial charge is 0.392 e. The molecule has 100 valence electrons. The first-order chi connectivity index (χ1) is 9.13. The molecule has 0 saturated carbocycles. The zero-order valence-electron chi connectivity index (χ0n) is 10.7. The van der Waals surface area contributed by atoms with Crippen molar-refractivity contribution in [3.63, 3.8) is 0 Å². The molecule has 0 aliphatic rings. The molecular formula is C15H16BrNOS. The topological polar surface area (TPSA) is 33.1 Å². The first kappa shape index (κ1) is 14.6. The van der Waals surface area contributed by atoms with Crippen LogP contribution in [0.15, 0.2) is 52.0 Å². The number of aliphatic hydroxyl groups is 1. The number of aliphatic hydroxyl groups excluding tert-OH is 1. The van der Waals surface area contributed by atoms with Crippen LogP contribution in [0.5, 0.6) is 0 Å². The zero-order chi connectivity index (χ0) is 13.7. The molecule has 0 aliphatic carbocycles. The Morgan fingerprint density at radius 1 is 1.32 bits per heavy atom. The van der Waals surface area contributed by atoms with Crippen molar-refractivity contribution in [2.45, 2.75) is 24.3 Å². The van der Waals surface area contributed by atoms with Crippen molar-refractivity contribution in [1.82, 2.24) is 4.98 Å². The number of aromatic nitrogens is 1. The van der Waals surface area contributed by atoms with Gasteiger partial charge in [0.15, 0.2) is 0 Å². The molecule has 1 unspecified atom stereocenters. The Balaban J connectivity index is 1.84. The van der Waals surface area contributed by atoms with Crippen molar-refractivity contribution in [2.24, 2.45) is 0 Å². The molecule has 0 spiro atoms. The van der Waals surface area contributed by atoms with Crippen LogP contribution in [0.25, 0.3) is 0 Å². The Morgan fingerprint density at radius 3 is 2.84 bits per heavy atom. The number of halogens is 1. The summed E-state index contributed by atoms with van der Waals surface area (Å²) in [5, 5.41) is 10.0. The first-order valence-electron chi connectivity index (χ1n) is 6.11. The predicted molar refractivity (Wildman–Crippen MR) is 83.6 cm³/mol. The minimum Gasteiger partial charge on any atom is -0.392 e. The summed E-state index contributed by atoms with van der Waals surface area (Å²) >= 11 is 5.03. The molecule has 0 amide bonds. The van der Waals surface area contributed by atoms with Crippen molar-refractivity contribution in [3.05, 3.63) is 58.3 Å². The molecule has 1 atom stereocenters. The normalized spacial score (nSPS) is 12.4. The van der Waals surface area contributed by atoms with Crippen LogP contribution >= 0.6 is 27.7 Å². The number of nitrogens with zero attached hydrogens (tertiary/aromatic N) is 1. The summed E-state index contributed by atoms with van der Waals surface area (Å²) in [6, 6.07) is 12.2. The lowest BCUT2D eigenvalue weighted by molar-refractivity contribution is 0.199. The SMILES string of the molecule is Cc1cccc(SCC(O)Cc2ccc(Br)cn2)c1. The van der Waals surface area contributed by atoms with Gasteiger partial charge in [-0.25, -0.2) is 0 Å². The number of hydrogen-bond acceptors (Lipinski definition) is 3. The Morgan fingerprint density at radius 2 is 2.16 bits per heavy atom. The van der Waals surface area contributed by atoms with E-state index in [1.54, 1.807) is 18.0 Å². The Bertz CT molecular complexity index is 530. The molecule has 4 heteroatoms. The number of rotatable bonds is 5. The highest BCUT2D eigenvalue weighted by molar-refractivity contribution is 9.10. The van der Waals surface area contributed by atoms with Crippen LogP contribution in [0.3, 0.4) is 0 Å². The summed E-state index contributed by atoms with van der Waals surface area (Å²) in [6.45, 7) is 2.08. The van der Waals surface area contributed by atoms with Gasteiger partial charge in [-0.15, -0.1) is 11.8 Å². The Labute approximate surface area is 126 Å². The van der Waals surface area contributed by atoms with Crippen molar-refractivity contribution >= 4 is 27.7 Å². The summed E-state index contributed by atoms with van der Waals surface area (Å²) in [7, 11) is 0. The minimum atomic E-state index is -0.376. The fourth-order valence-electron chi connectivity index (χ4n) is 1.73. The standard InChI is InChI=1S/C15H16BrNOS/c1-11-3-2-4-15(7-11)19-10-14(18)8-13-6-5-12(16)9-17-13/h2-7,9,14,18H,8,10H2,1H3. The van der Waals surface area contributed by atoms with E-state index in [2.05, 4.69) is 46.0 Å². The van der Waals surface area contributed by atoms with E-state index >= 15 is 0 Å². The van der Waals surface area contributed by atoms with Crippen LogP contribution in [-0.4, -0.2) is 21.9 Å². The van der Waals surface area contributed by atoms with Gasteiger partial charge in [0.1, 0.15) is 0 Å². The molecule has 0 radical (unpaired) electrons. The lowest BCUT2D eigenvalue weighted by Crippen LogP contribution is -2.14. The van der Waals surface area contributed by atoms with Crippen LogP contribution in [-0.2, 0) is 6.42 Å². The fraction of sp³-hybridized carbons (Fsp3) is 0.267. The maximum absolute atomic E-state index is 10.0. The summed E-state index contributed by atoms with van der Waals surface area (Å²) in [5.74, 6) is 0.682. The molecule has 0 fully saturated rings. The van der Waals surface area contributed by atoms with E-state index in [4.69, 9.17) is 0 Å². The van der Waals surface area contributed by atoms with Crippen LogP contribution in [0.2, 0.25) is 0 Å². The molecule has 0 aliphatic heterocycles. The lowest BCUT2D eigenvalue weighted by atomic mass is 10.2. The average molecular weight is 338 g/mol. The van der Waals surface area contributed by atoms with Gasteiger partial charge in [-0.3, -0.25) is 4.98 Å². The molecule has 1 heterocycles. The van der Waals surface area contributed by atoms with E-state index in [1.165, 1.54) is 10.5 Å². The molecule has 1 N–H and O–H groups in total. The highest BCUT2D eigenvalue weighted by atomic mass is 79.9. The van der Waals surface area contributed by atoms with Crippen molar-refractivity contribution in [3.8, 4) is 0 Å². The molecule has 2 nitrogen and oxygen atoms in total. The lowest BCUT2D eigenvalue weighted by Gasteiger charge is -2.10. The van der Waals surface area contributed by atoms with E-state index in [1.807, 2.05) is 18.2 Å². The van der Waals surface area contributed by atoms with E-state index in [-0.39, 0.29) is 6.10 Å². The molecule has 1 aromatic carbocycles. The summed E-state index contributed by atoms with van der Waals surface area (Å²) in [4.78, 5) is 5.47. The van der Waals surface area contributed by atoms with E-state index in [9.17, 15) is 5.11 Å². The Kier molecular flexibility index (Phi) is 5.43. The number of hydrogen-bond donors (Lipinski definition) is 1. The number of aryl methyl sites for hydroxylation is 1. The third kappa shape index (κ3) is 4.97. The van der Waals surface area contributed by atoms with Crippen LogP contribution < -0.4 is 0 Å². The highest BCUT2D eigenvalue weighted by Gasteiger charge is 2.07. The zero-order valence-corrected chi connectivity index (χ0v) is 13.1. The summed E-state index contributed by atoms with van der Waals surface area (Å²) in [5.41, 5.74) is 2.16. The van der Waals surface area contributed by atoms with E-state index in [0.717, 1.165) is 10.2 Å². The second-order valence-electron chi connectivity index (χ2n) is 4.45. The van der Waals surface area contributed by atoms with Crippen molar-refractivity contribution < 1.29 is 5.11 Å². The quantitative estimate of drug-likeness (QED) is 0.841. The number of pyridine rings is 1. The fourth-order valence-corrected chi connectivity index (χ4v) is 2.91. The van der Waals surface area contributed by atoms with Gasteiger partial charge in [-0.1, -0.05) is 17.7 Å². The van der Waals surface area contributed by atoms with Crippen LogP contribution in [0.1, 0.15) is 11.3 Å². The molecular weight excluding hydrogens is 322 g/mol. The van der Waals surface area contributed by atoms with Crippen LogP contribution in [0, 0.1) is 6.92 Å². The second kappa shape index (κ2) is 7.08. The van der Waals surface area contributed by atoms with Gasteiger partial charge in [-0.05, 0) is 47.1 Å². The minimum absolute atomic E-state index is 0.376. The maximum atomic E-state index is 10.0. The molecule has 0 bridgehead atoms. The number of benzene rings is 1. The smallest absolute Gasteiger partial charge is 0.0689 e. The number of thioether (sulfide) groups is 1. The van der Waals surface area contributed by atoms with Crippen molar-refractivity contribution in [1.29, 1.82) is 0 Å².